The topological polar surface area (TPSA) is 64.7 Å². The molecule has 2 aromatic heterocycles. The van der Waals surface area contributed by atoms with Gasteiger partial charge in [0, 0.05) is 11.1 Å². The number of hydrogen-bond acceptors (Lipinski definition) is 6. The minimum atomic E-state index is 0.552. The van der Waals surface area contributed by atoms with Crippen molar-refractivity contribution in [2.45, 2.75) is 31.6 Å². The summed E-state index contributed by atoms with van der Waals surface area (Å²) in [4.78, 5) is 4.49. The second-order valence-electron chi connectivity index (χ2n) is 6.72. The molecule has 0 bridgehead atoms. The van der Waals surface area contributed by atoms with E-state index in [0.717, 1.165) is 21.8 Å². The highest BCUT2D eigenvalue weighted by atomic mass is 32.2. The number of aryl methyl sites for hydroxylation is 3. The molecule has 0 unspecified atom stereocenters. The average molecular weight is 388 g/mol. The number of thioether (sulfide) groups is 1. The normalized spacial score (nSPS) is 11.0. The van der Waals surface area contributed by atoms with Crippen LogP contribution in [0.3, 0.4) is 0 Å². The molecular weight excluding hydrogens is 368 g/mol. The molecule has 0 aliphatic carbocycles. The van der Waals surface area contributed by atoms with Gasteiger partial charge in [0.25, 0.3) is 0 Å². The summed E-state index contributed by atoms with van der Waals surface area (Å²) in [6.07, 6.45) is 0. The first-order chi connectivity index (χ1) is 13.6. The quantitative estimate of drug-likeness (QED) is 0.426. The van der Waals surface area contributed by atoms with Crippen molar-refractivity contribution in [3.8, 4) is 22.6 Å². The van der Waals surface area contributed by atoms with Crippen LogP contribution in [0.1, 0.15) is 22.6 Å². The van der Waals surface area contributed by atoms with Crippen LogP contribution in [0.2, 0.25) is 0 Å². The third-order valence-corrected chi connectivity index (χ3v) is 5.47. The molecule has 2 aromatic carbocycles. The van der Waals surface area contributed by atoms with Crippen LogP contribution < -0.4 is 0 Å². The molecule has 4 aromatic rings. The lowest BCUT2D eigenvalue weighted by Crippen LogP contribution is -1.90. The molecule has 6 heteroatoms. The molecule has 0 radical (unpaired) electrons. The maximum atomic E-state index is 5.39. The summed E-state index contributed by atoms with van der Waals surface area (Å²) in [6, 6.07) is 18.4. The molecule has 5 nitrogen and oxygen atoms in total. The van der Waals surface area contributed by atoms with E-state index in [1.165, 1.54) is 28.5 Å². The van der Waals surface area contributed by atoms with Crippen LogP contribution in [-0.2, 0) is 5.75 Å². The van der Waals surface area contributed by atoms with Crippen molar-refractivity contribution in [1.29, 1.82) is 0 Å². The molecule has 0 N–H and O–H groups in total. The number of nitrogens with zero attached hydrogens (tertiary/aromatic N) is 4. The summed E-state index contributed by atoms with van der Waals surface area (Å²) < 4.78 is 5.39. The van der Waals surface area contributed by atoms with Gasteiger partial charge in [-0.05, 0) is 50.1 Å². The fraction of sp³-hybridized carbons (Fsp3) is 0.182. The van der Waals surface area contributed by atoms with Crippen LogP contribution in [0.5, 0.6) is 0 Å². The van der Waals surface area contributed by atoms with E-state index in [-0.39, 0.29) is 0 Å². The molecule has 0 spiro atoms. The Kier molecular flexibility index (Phi) is 5.21. The van der Waals surface area contributed by atoms with Crippen LogP contribution in [-0.4, -0.2) is 20.3 Å². The molecule has 28 heavy (non-hydrogen) atoms. The van der Waals surface area contributed by atoms with Crippen LogP contribution in [0, 0.1) is 20.8 Å². The standard InChI is InChI=1S/C22H20N4OS/c1-14-4-7-17(8-5-14)19-10-11-21(25-24-19)28-13-20-23-22(26-27-20)18-9-6-15(2)16(3)12-18/h4-12H,13H2,1-3H3. The van der Waals surface area contributed by atoms with Crippen molar-refractivity contribution in [2.75, 3.05) is 0 Å². The third-order valence-electron chi connectivity index (χ3n) is 4.56. The Balaban J connectivity index is 1.41. The van der Waals surface area contributed by atoms with Gasteiger partial charge in [-0.2, -0.15) is 4.98 Å². The van der Waals surface area contributed by atoms with E-state index in [1.54, 1.807) is 0 Å². The van der Waals surface area contributed by atoms with Gasteiger partial charge in [-0.25, -0.2) is 0 Å². The number of benzene rings is 2. The van der Waals surface area contributed by atoms with Gasteiger partial charge in [0.2, 0.25) is 11.7 Å². The molecule has 0 aliphatic rings. The van der Waals surface area contributed by atoms with Gasteiger partial charge in [0.15, 0.2) is 0 Å². The van der Waals surface area contributed by atoms with Crippen LogP contribution in [0.15, 0.2) is 64.1 Å². The zero-order valence-corrected chi connectivity index (χ0v) is 16.8. The monoisotopic (exact) mass is 388 g/mol. The SMILES string of the molecule is Cc1ccc(-c2ccc(SCc3nc(-c4ccc(C)c(C)c4)no3)nn2)cc1. The molecule has 0 aliphatic heterocycles. The molecule has 140 valence electrons. The third kappa shape index (κ3) is 4.12. The number of aromatic nitrogens is 4. The van der Waals surface area contributed by atoms with Crippen molar-refractivity contribution < 1.29 is 4.52 Å². The van der Waals surface area contributed by atoms with Gasteiger partial charge in [-0.1, -0.05) is 58.9 Å². The van der Waals surface area contributed by atoms with Crippen molar-refractivity contribution in [2.24, 2.45) is 0 Å². The zero-order valence-electron chi connectivity index (χ0n) is 16.0. The largest absolute Gasteiger partial charge is 0.338 e. The van der Waals surface area contributed by atoms with Crippen LogP contribution in [0.4, 0.5) is 0 Å². The van der Waals surface area contributed by atoms with Gasteiger partial charge in [0.05, 0.1) is 11.4 Å². The van der Waals surface area contributed by atoms with Gasteiger partial charge in [-0.15, -0.1) is 10.2 Å². The average Bonchev–Trinajstić information content (AvgIpc) is 3.19. The first kappa shape index (κ1) is 18.4. The number of hydrogen-bond donors (Lipinski definition) is 0. The predicted molar refractivity (Wildman–Crippen MR) is 111 cm³/mol. The molecule has 2 heterocycles. The van der Waals surface area contributed by atoms with Crippen LogP contribution in [0.25, 0.3) is 22.6 Å². The zero-order chi connectivity index (χ0) is 19.5. The fourth-order valence-electron chi connectivity index (χ4n) is 2.72. The summed E-state index contributed by atoms with van der Waals surface area (Å²) in [5, 5.41) is 13.5. The maximum Gasteiger partial charge on any atom is 0.237 e. The Bertz CT molecular complexity index is 1090. The number of rotatable bonds is 5. The van der Waals surface area contributed by atoms with Gasteiger partial charge in [-0.3, -0.25) is 0 Å². The Morgan fingerprint density at radius 3 is 2.32 bits per heavy atom. The molecular formula is C22H20N4OS. The second kappa shape index (κ2) is 7.94. The predicted octanol–water partition coefficient (Wildman–Crippen LogP) is 5.41. The van der Waals surface area contributed by atoms with E-state index in [9.17, 15) is 0 Å². The summed E-state index contributed by atoms with van der Waals surface area (Å²) in [5.74, 6) is 1.73. The van der Waals surface area contributed by atoms with E-state index in [1.807, 2.05) is 18.2 Å². The van der Waals surface area contributed by atoms with Crippen molar-refractivity contribution in [3.05, 3.63) is 77.2 Å². The fourth-order valence-corrected chi connectivity index (χ4v) is 3.37. The van der Waals surface area contributed by atoms with E-state index in [4.69, 9.17) is 4.52 Å². The molecule has 0 saturated carbocycles. The minimum Gasteiger partial charge on any atom is -0.338 e. The highest BCUT2D eigenvalue weighted by Gasteiger charge is 2.10. The summed E-state index contributed by atoms with van der Waals surface area (Å²) in [7, 11) is 0. The summed E-state index contributed by atoms with van der Waals surface area (Å²) >= 11 is 1.52. The maximum absolute atomic E-state index is 5.39. The molecule has 0 amide bonds. The van der Waals surface area contributed by atoms with Gasteiger partial charge in [0.1, 0.15) is 5.03 Å². The second-order valence-corrected chi connectivity index (χ2v) is 7.72. The first-order valence-corrected chi connectivity index (χ1v) is 10.0. The summed E-state index contributed by atoms with van der Waals surface area (Å²) in [6.45, 7) is 6.23. The van der Waals surface area contributed by atoms with E-state index >= 15 is 0 Å². The molecule has 4 rings (SSSR count). The van der Waals surface area contributed by atoms with Crippen LogP contribution >= 0.6 is 11.8 Å². The lowest BCUT2D eigenvalue weighted by atomic mass is 10.1. The van der Waals surface area contributed by atoms with Gasteiger partial charge >= 0.3 is 0 Å². The van der Waals surface area contributed by atoms with Crippen molar-refractivity contribution in [1.82, 2.24) is 20.3 Å². The first-order valence-electron chi connectivity index (χ1n) is 9.02. The lowest BCUT2D eigenvalue weighted by Gasteiger charge is -2.02. The highest BCUT2D eigenvalue weighted by Crippen LogP contribution is 2.24. The molecule has 0 fully saturated rings. The van der Waals surface area contributed by atoms with Gasteiger partial charge < -0.3 is 4.52 Å². The Labute approximate surface area is 168 Å². The minimum absolute atomic E-state index is 0.552. The Morgan fingerprint density at radius 2 is 1.61 bits per heavy atom. The molecule has 0 saturated heterocycles. The highest BCUT2D eigenvalue weighted by molar-refractivity contribution is 7.98. The van der Waals surface area contributed by atoms with E-state index < -0.39 is 0 Å². The Hall–Kier alpha value is -2.99. The summed E-state index contributed by atoms with van der Waals surface area (Å²) in [5.41, 5.74) is 6.57. The van der Waals surface area contributed by atoms with Crippen molar-refractivity contribution >= 4 is 11.8 Å². The lowest BCUT2D eigenvalue weighted by molar-refractivity contribution is 0.391. The van der Waals surface area contributed by atoms with Crippen molar-refractivity contribution in [3.63, 3.8) is 0 Å². The Morgan fingerprint density at radius 1 is 0.821 bits per heavy atom. The smallest absolute Gasteiger partial charge is 0.237 e. The van der Waals surface area contributed by atoms with E-state index in [2.05, 4.69) is 77.5 Å². The van der Waals surface area contributed by atoms with E-state index in [0.29, 0.717) is 17.5 Å². The molecule has 0 atom stereocenters.